The van der Waals surface area contributed by atoms with Crippen LogP contribution >= 0.6 is 0 Å². The molecule has 1 saturated heterocycles. The molecule has 0 amide bonds. The first-order chi connectivity index (χ1) is 8.76. The van der Waals surface area contributed by atoms with Gasteiger partial charge in [0.25, 0.3) is 0 Å². The standard InChI is InChI=1S/C11H16N2O4S2/c12-19(16,17)11-3-1-9(2-4-11)7-13-10-5-6-18(14,15)8-10/h1-4,10,13H,5-8H2,(H2,12,16,17). The van der Waals surface area contributed by atoms with Gasteiger partial charge in [0.1, 0.15) is 0 Å². The molecule has 19 heavy (non-hydrogen) atoms. The van der Waals surface area contributed by atoms with Gasteiger partial charge in [0.2, 0.25) is 10.0 Å². The molecule has 3 N–H and O–H groups in total. The summed E-state index contributed by atoms with van der Waals surface area (Å²) in [5.74, 6) is 0.400. The van der Waals surface area contributed by atoms with E-state index in [2.05, 4.69) is 5.32 Å². The van der Waals surface area contributed by atoms with E-state index >= 15 is 0 Å². The average molecular weight is 304 g/mol. The van der Waals surface area contributed by atoms with Crippen LogP contribution in [0.3, 0.4) is 0 Å². The predicted octanol–water partition coefficient (Wildman–Crippen LogP) is -0.389. The Kier molecular flexibility index (Phi) is 3.95. The molecular formula is C11H16N2O4S2. The normalized spacial score (nSPS) is 22.5. The minimum Gasteiger partial charge on any atom is -0.309 e. The summed E-state index contributed by atoms with van der Waals surface area (Å²) in [6, 6.07) is 6.19. The van der Waals surface area contributed by atoms with Gasteiger partial charge < -0.3 is 5.32 Å². The van der Waals surface area contributed by atoms with Crippen molar-refractivity contribution in [1.82, 2.24) is 5.32 Å². The molecular weight excluding hydrogens is 288 g/mol. The van der Waals surface area contributed by atoms with Crippen LogP contribution in [0.1, 0.15) is 12.0 Å². The number of nitrogens with one attached hydrogen (secondary N) is 1. The molecule has 1 aromatic carbocycles. The lowest BCUT2D eigenvalue weighted by atomic mass is 10.2. The Balaban J connectivity index is 1.94. The molecule has 0 bridgehead atoms. The number of sulfonamides is 1. The van der Waals surface area contributed by atoms with Crippen molar-refractivity contribution in [2.75, 3.05) is 11.5 Å². The van der Waals surface area contributed by atoms with Crippen molar-refractivity contribution in [1.29, 1.82) is 0 Å². The summed E-state index contributed by atoms with van der Waals surface area (Å²) >= 11 is 0. The first-order valence-electron chi connectivity index (χ1n) is 5.82. The first-order valence-corrected chi connectivity index (χ1v) is 9.19. The van der Waals surface area contributed by atoms with Gasteiger partial charge in [0.15, 0.2) is 9.84 Å². The fourth-order valence-corrected chi connectivity index (χ4v) is 4.24. The maximum absolute atomic E-state index is 11.3. The van der Waals surface area contributed by atoms with E-state index in [0.717, 1.165) is 5.56 Å². The first kappa shape index (κ1) is 14.4. The fourth-order valence-electron chi connectivity index (χ4n) is 2.02. The van der Waals surface area contributed by atoms with Gasteiger partial charge >= 0.3 is 0 Å². The number of rotatable bonds is 4. The molecule has 1 aliphatic heterocycles. The highest BCUT2D eigenvalue weighted by Gasteiger charge is 2.27. The molecule has 1 fully saturated rings. The van der Waals surface area contributed by atoms with Gasteiger partial charge in [-0.2, -0.15) is 0 Å². The summed E-state index contributed by atoms with van der Waals surface area (Å²) in [5.41, 5.74) is 0.886. The summed E-state index contributed by atoms with van der Waals surface area (Å²) in [6.07, 6.45) is 0.623. The van der Waals surface area contributed by atoms with Crippen LogP contribution in [0.15, 0.2) is 29.2 Å². The van der Waals surface area contributed by atoms with Crippen LogP contribution in [0, 0.1) is 0 Å². The van der Waals surface area contributed by atoms with E-state index in [0.29, 0.717) is 13.0 Å². The van der Waals surface area contributed by atoms with Crippen molar-refractivity contribution >= 4 is 19.9 Å². The van der Waals surface area contributed by atoms with Crippen molar-refractivity contribution in [3.05, 3.63) is 29.8 Å². The molecule has 0 aromatic heterocycles. The molecule has 0 radical (unpaired) electrons. The highest BCUT2D eigenvalue weighted by Crippen LogP contribution is 2.13. The third-order valence-electron chi connectivity index (χ3n) is 3.08. The van der Waals surface area contributed by atoms with E-state index < -0.39 is 19.9 Å². The lowest BCUT2D eigenvalue weighted by Gasteiger charge is -2.10. The monoisotopic (exact) mass is 304 g/mol. The Labute approximate surface area is 113 Å². The van der Waals surface area contributed by atoms with Gasteiger partial charge in [0.05, 0.1) is 16.4 Å². The number of nitrogens with two attached hydrogens (primary N) is 1. The summed E-state index contributed by atoms with van der Waals surface area (Å²) < 4.78 is 44.7. The zero-order valence-electron chi connectivity index (χ0n) is 10.2. The quantitative estimate of drug-likeness (QED) is 0.788. The Morgan fingerprint density at radius 2 is 1.89 bits per heavy atom. The van der Waals surface area contributed by atoms with Crippen molar-refractivity contribution in [2.24, 2.45) is 5.14 Å². The molecule has 2 rings (SSSR count). The Bertz CT molecular complexity index is 650. The van der Waals surface area contributed by atoms with Crippen LogP contribution in [-0.2, 0) is 26.4 Å². The smallest absolute Gasteiger partial charge is 0.238 e. The van der Waals surface area contributed by atoms with Gasteiger partial charge in [0, 0.05) is 12.6 Å². The number of hydrogen-bond donors (Lipinski definition) is 2. The maximum Gasteiger partial charge on any atom is 0.238 e. The summed E-state index contributed by atoms with van der Waals surface area (Å²) in [7, 11) is -6.55. The predicted molar refractivity (Wildman–Crippen MR) is 71.7 cm³/mol. The van der Waals surface area contributed by atoms with E-state index in [9.17, 15) is 16.8 Å². The SMILES string of the molecule is NS(=O)(=O)c1ccc(CNC2CCS(=O)(=O)C2)cc1. The molecule has 0 spiro atoms. The molecule has 1 aliphatic rings. The Morgan fingerprint density at radius 3 is 2.37 bits per heavy atom. The Hall–Kier alpha value is -0.960. The second-order valence-electron chi connectivity index (χ2n) is 4.67. The van der Waals surface area contributed by atoms with Crippen LogP contribution in [0.2, 0.25) is 0 Å². The van der Waals surface area contributed by atoms with Gasteiger partial charge in [-0.25, -0.2) is 22.0 Å². The minimum absolute atomic E-state index is 0.0251. The summed E-state index contributed by atoms with van der Waals surface area (Å²) in [4.78, 5) is 0.0692. The largest absolute Gasteiger partial charge is 0.309 e. The molecule has 0 aliphatic carbocycles. The molecule has 1 heterocycles. The Morgan fingerprint density at radius 1 is 1.26 bits per heavy atom. The number of primary sulfonamides is 1. The van der Waals surface area contributed by atoms with Gasteiger partial charge in [-0.1, -0.05) is 12.1 Å². The second-order valence-corrected chi connectivity index (χ2v) is 8.46. The second kappa shape index (κ2) is 5.20. The number of hydrogen-bond acceptors (Lipinski definition) is 5. The lowest BCUT2D eigenvalue weighted by Crippen LogP contribution is -2.29. The van der Waals surface area contributed by atoms with Crippen LogP contribution in [0.5, 0.6) is 0 Å². The molecule has 1 atom stereocenters. The minimum atomic E-state index is -3.67. The highest BCUT2D eigenvalue weighted by atomic mass is 32.2. The zero-order chi connectivity index (χ0) is 14.1. The zero-order valence-corrected chi connectivity index (χ0v) is 11.9. The van der Waals surface area contributed by atoms with Crippen molar-refractivity contribution in [3.8, 4) is 0 Å². The fraction of sp³-hybridized carbons (Fsp3) is 0.455. The van der Waals surface area contributed by atoms with Crippen molar-refractivity contribution in [3.63, 3.8) is 0 Å². The molecule has 8 heteroatoms. The molecule has 1 unspecified atom stereocenters. The van der Waals surface area contributed by atoms with Crippen molar-refractivity contribution < 1.29 is 16.8 Å². The number of sulfone groups is 1. The van der Waals surface area contributed by atoms with E-state index in [1.54, 1.807) is 12.1 Å². The van der Waals surface area contributed by atoms with E-state index in [4.69, 9.17) is 5.14 Å². The molecule has 0 saturated carbocycles. The third-order valence-corrected chi connectivity index (χ3v) is 5.78. The molecule has 106 valence electrons. The average Bonchev–Trinajstić information content (AvgIpc) is 2.66. The summed E-state index contributed by atoms with van der Waals surface area (Å²) in [6.45, 7) is 0.505. The lowest BCUT2D eigenvalue weighted by molar-refractivity contribution is 0.554. The van der Waals surface area contributed by atoms with Crippen LogP contribution in [-0.4, -0.2) is 34.4 Å². The van der Waals surface area contributed by atoms with Gasteiger partial charge in [-0.05, 0) is 24.1 Å². The maximum atomic E-state index is 11.3. The van der Waals surface area contributed by atoms with Crippen molar-refractivity contribution in [2.45, 2.75) is 23.9 Å². The van der Waals surface area contributed by atoms with E-state index in [1.807, 2.05) is 0 Å². The van der Waals surface area contributed by atoms with Crippen LogP contribution < -0.4 is 10.5 Å². The third kappa shape index (κ3) is 4.00. The van der Waals surface area contributed by atoms with Crippen LogP contribution in [0.25, 0.3) is 0 Å². The van der Waals surface area contributed by atoms with Crippen LogP contribution in [0.4, 0.5) is 0 Å². The molecule has 6 nitrogen and oxygen atoms in total. The van der Waals surface area contributed by atoms with E-state index in [-0.39, 0.29) is 22.4 Å². The van der Waals surface area contributed by atoms with Gasteiger partial charge in [-0.15, -0.1) is 0 Å². The van der Waals surface area contributed by atoms with Gasteiger partial charge in [-0.3, -0.25) is 0 Å². The van der Waals surface area contributed by atoms with E-state index in [1.165, 1.54) is 12.1 Å². The highest BCUT2D eigenvalue weighted by molar-refractivity contribution is 7.91. The number of benzene rings is 1. The topological polar surface area (TPSA) is 106 Å². The summed E-state index contributed by atoms with van der Waals surface area (Å²) in [5, 5.41) is 8.15. The molecule has 1 aromatic rings.